The average Bonchev–Trinajstić information content (AvgIpc) is 2.98. The van der Waals surface area contributed by atoms with Gasteiger partial charge in [-0.25, -0.2) is 4.39 Å². The second kappa shape index (κ2) is 8.94. The molecule has 0 radical (unpaired) electrons. The molecule has 1 aromatic heterocycles. The van der Waals surface area contributed by atoms with E-state index in [1.165, 1.54) is 22.6 Å². The molecular weight excluding hydrogens is 323 g/mol. The van der Waals surface area contributed by atoms with Gasteiger partial charge in [0, 0.05) is 11.4 Å². The molecule has 2 aromatic rings. The van der Waals surface area contributed by atoms with Crippen LogP contribution in [-0.2, 0) is 17.9 Å². The Labute approximate surface area is 147 Å². The number of thiophene rings is 1. The Morgan fingerprint density at radius 2 is 1.96 bits per heavy atom. The van der Waals surface area contributed by atoms with Crippen LogP contribution in [0.3, 0.4) is 0 Å². The smallest absolute Gasteiger partial charge is 0.278 e. The molecule has 1 heterocycles. The summed E-state index contributed by atoms with van der Waals surface area (Å²) in [6.07, 6.45) is 1.04. The third kappa shape index (κ3) is 5.42. The summed E-state index contributed by atoms with van der Waals surface area (Å²) >= 11 is 1.67. The molecule has 1 amide bonds. The van der Waals surface area contributed by atoms with Crippen LogP contribution in [0.25, 0.3) is 0 Å². The van der Waals surface area contributed by atoms with Crippen molar-refractivity contribution in [2.24, 2.45) is 0 Å². The molecule has 24 heavy (non-hydrogen) atoms. The number of carbonyl (C=O) groups is 1. The van der Waals surface area contributed by atoms with E-state index in [2.05, 4.69) is 37.5 Å². The van der Waals surface area contributed by atoms with E-state index in [4.69, 9.17) is 0 Å². The summed E-state index contributed by atoms with van der Waals surface area (Å²) in [5.74, 6) is -0.136. The number of nitrogens with zero attached hydrogens (tertiary/aromatic N) is 1. The van der Waals surface area contributed by atoms with Crippen LogP contribution < -0.4 is 5.32 Å². The van der Waals surface area contributed by atoms with E-state index in [0.29, 0.717) is 25.7 Å². The SMILES string of the molecule is CC[C@@H](C)[NH2+]CC(=O)N(Cc1ccc(F)cc1)Cc1sccc1C. The first-order valence-corrected chi connectivity index (χ1v) is 9.26. The molecule has 0 bridgehead atoms. The molecular formula is C19H26FN2OS+. The van der Waals surface area contributed by atoms with Crippen LogP contribution in [0.1, 0.15) is 36.3 Å². The maximum atomic E-state index is 13.1. The van der Waals surface area contributed by atoms with Crippen LogP contribution in [0.2, 0.25) is 0 Å². The fourth-order valence-electron chi connectivity index (χ4n) is 2.38. The minimum absolute atomic E-state index is 0.118. The third-order valence-corrected chi connectivity index (χ3v) is 5.29. The molecule has 1 atom stereocenters. The first-order chi connectivity index (χ1) is 11.5. The lowest BCUT2D eigenvalue weighted by atomic mass is 10.2. The Morgan fingerprint density at radius 3 is 2.54 bits per heavy atom. The number of hydrogen-bond donors (Lipinski definition) is 1. The molecule has 0 fully saturated rings. The highest BCUT2D eigenvalue weighted by molar-refractivity contribution is 7.10. The van der Waals surface area contributed by atoms with E-state index in [1.807, 2.05) is 4.90 Å². The first-order valence-electron chi connectivity index (χ1n) is 8.38. The molecule has 0 aliphatic carbocycles. The van der Waals surface area contributed by atoms with Gasteiger partial charge in [0.1, 0.15) is 5.82 Å². The van der Waals surface area contributed by atoms with Crippen molar-refractivity contribution in [1.29, 1.82) is 0 Å². The standard InChI is InChI=1S/C19H25FN2OS/c1-4-15(3)21-11-19(23)22(13-18-14(2)9-10-24-18)12-16-5-7-17(20)8-6-16/h5-10,15,21H,4,11-13H2,1-3H3/p+1/t15-/m1/s1. The number of amides is 1. The van der Waals surface area contributed by atoms with Gasteiger partial charge in [0.15, 0.2) is 6.54 Å². The number of benzene rings is 1. The van der Waals surface area contributed by atoms with Crippen LogP contribution in [0.5, 0.6) is 0 Å². The van der Waals surface area contributed by atoms with E-state index in [1.54, 1.807) is 23.5 Å². The number of rotatable bonds is 8. The number of quaternary nitrogens is 1. The molecule has 2 rings (SSSR count). The number of carbonyl (C=O) groups excluding carboxylic acids is 1. The topological polar surface area (TPSA) is 36.9 Å². The van der Waals surface area contributed by atoms with Gasteiger partial charge in [0.2, 0.25) is 0 Å². The molecule has 0 unspecified atom stereocenters. The quantitative estimate of drug-likeness (QED) is 0.781. The van der Waals surface area contributed by atoms with Gasteiger partial charge in [-0.15, -0.1) is 11.3 Å². The fourth-order valence-corrected chi connectivity index (χ4v) is 3.30. The highest BCUT2D eigenvalue weighted by Crippen LogP contribution is 2.19. The fraction of sp³-hybridized carbons (Fsp3) is 0.421. The van der Waals surface area contributed by atoms with Crippen molar-refractivity contribution in [3.8, 4) is 0 Å². The van der Waals surface area contributed by atoms with Gasteiger partial charge >= 0.3 is 0 Å². The van der Waals surface area contributed by atoms with Gasteiger partial charge in [0.05, 0.1) is 12.6 Å². The molecule has 2 N–H and O–H groups in total. The van der Waals surface area contributed by atoms with Gasteiger partial charge < -0.3 is 10.2 Å². The minimum atomic E-state index is -0.254. The van der Waals surface area contributed by atoms with Crippen molar-refractivity contribution < 1.29 is 14.5 Å². The molecule has 0 spiro atoms. The molecule has 0 saturated heterocycles. The van der Waals surface area contributed by atoms with Crippen molar-refractivity contribution in [1.82, 2.24) is 4.90 Å². The molecule has 0 saturated carbocycles. The minimum Gasteiger partial charge on any atom is -0.336 e. The highest BCUT2D eigenvalue weighted by Gasteiger charge is 2.18. The van der Waals surface area contributed by atoms with E-state index in [-0.39, 0.29) is 11.7 Å². The van der Waals surface area contributed by atoms with Gasteiger partial charge in [0.25, 0.3) is 5.91 Å². The number of nitrogens with two attached hydrogens (primary N) is 1. The van der Waals surface area contributed by atoms with Crippen molar-refractivity contribution in [2.75, 3.05) is 6.54 Å². The average molecular weight is 349 g/mol. The predicted molar refractivity (Wildman–Crippen MR) is 96.3 cm³/mol. The summed E-state index contributed by atoms with van der Waals surface area (Å²) in [6.45, 7) is 7.87. The van der Waals surface area contributed by atoms with Crippen molar-refractivity contribution >= 4 is 17.2 Å². The summed E-state index contributed by atoms with van der Waals surface area (Å²) in [5.41, 5.74) is 2.16. The zero-order valence-electron chi connectivity index (χ0n) is 14.6. The van der Waals surface area contributed by atoms with Crippen molar-refractivity contribution in [3.63, 3.8) is 0 Å². The number of hydrogen-bond acceptors (Lipinski definition) is 2. The van der Waals surface area contributed by atoms with Crippen LogP contribution >= 0.6 is 11.3 Å². The normalized spacial score (nSPS) is 12.2. The van der Waals surface area contributed by atoms with E-state index in [9.17, 15) is 9.18 Å². The van der Waals surface area contributed by atoms with E-state index in [0.717, 1.165) is 12.0 Å². The summed E-state index contributed by atoms with van der Waals surface area (Å²) < 4.78 is 13.1. The summed E-state index contributed by atoms with van der Waals surface area (Å²) in [5, 5.41) is 4.14. The molecule has 5 heteroatoms. The Hall–Kier alpha value is -1.72. The first kappa shape index (κ1) is 18.6. The van der Waals surface area contributed by atoms with Gasteiger partial charge in [-0.2, -0.15) is 0 Å². The van der Waals surface area contributed by atoms with Crippen LogP contribution in [-0.4, -0.2) is 23.4 Å². The number of halogens is 1. The summed E-state index contributed by atoms with van der Waals surface area (Å²) in [7, 11) is 0. The monoisotopic (exact) mass is 349 g/mol. The van der Waals surface area contributed by atoms with Gasteiger partial charge in [-0.05, 0) is 55.0 Å². The maximum absolute atomic E-state index is 13.1. The lowest BCUT2D eigenvalue weighted by Crippen LogP contribution is -2.91. The lowest BCUT2D eigenvalue weighted by Gasteiger charge is -2.23. The predicted octanol–water partition coefficient (Wildman–Crippen LogP) is 3.09. The van der Waals surface area contributed by atoms with Crippen LogP contribution in [0.15, 0.2) is 35.7 Å². The van der Waals surface area contributed by atoms with Crippen molar-refractivity contribution in [3.05, 3.63) is 57.5 Å². The molecule has 130 valence electrons. The largest absolute Gasteiger partial charge is 0.336 e. The Balaban J connectivity index is 2.09. The highest BCUT2D eigenvalue weighted by atomic mass is 32.1. The second-order valence-corrected chi connectivity index (χ2v) is 7.23. The maximum Gasteiger partial charge on any atom is 0.278 e. The summed E-state index contributed by atoms with van der Waals surface area (Å²) in [6, 6.07) is 8.89. The Kier molecular flexibility index (Phi) is 6.94. The van der Waals surface area contributed by atoms with Crippen LogP contribution in [0.4, 0.5) is 4.39 Å². The molecule has 0 aliphatic rings. The Bertz CT molecular complexity index is 654. The third-order valence-electron chi connectivity index (χ3n) is 4.28. The zero-order chi connectivity index (χ0) is 17.5. The van der Waals surface area contributed by atoms with E-state index >= 15 is 0 Å². The number of aryl methyl sites for hydroxylation is 1. The van der Waals surface area contributed by atoms with Gasteiger partial charge in [-0.1, -0.05) is 19.1 Å². The van der Waals surface area contributed by atoms with Gasteiger partial charge in [-0.3, -0.25) is 4.79 Å². The summed E-state index contributed by atoms with van der Waals surface area (Å²) in [4.78, 5) is 15.8. The Morgan fingerprint density at radius 1 is 1.25 bits per heavy atom. The second-order valence-electron chi connectivity index (χ2n) is 6.23. The lowest BCUT2D eigenvalue weighted by molar-refractivity contribution is -0.676. The zero-order valence-corrected chi connectivity index (χ0v) is 15.4. The van der Waals surface area contributed by atoms with Crippen LogP contribution in [0, 0.1) is 12.7 Å². The van der Waals surface area contributed by atoms with E-state index < -0.39 is 0 Å². The molecule has 0 aliphatic heterocycles. The molecule has 3 nitrogen and oxygen atoms in total. The van der Waals surface area contributed by atoms with Crippen molar-refractivity contribution in [2.45, 2.75) is 46.3 Å². The molecule has 1 aromatic carbocycles.